The number of rotatable bonds is 15. The van der Waals surface area contributed by atoms with Crippen LogP contribution in [-0.2, 0) is 59.6 Å². The third-order valence-electron chi connectivity index (χ3n) is 9.52. The molecule has 2 aromatic heterocycles. The lowest BCUT2D eigenvalue weighted by molar-refractivity contribution is -0.169. The zero-order chi connectivity index (χ0) is 35.4. The Bertz CT molecular complexity index is 1710. The maximum absolute atomic E-state index is 13.6. The highest BCUT2D eigenvalue weighted by Crippen LogP contribution is 2.43. The van der Waals surface area contributed by atoms with Crippen molar-refractivity contribution in [2.24, 2.45) is 7.05 Å². The number of aromatic nitrogens is 3. The highest BCUT2D eigenvalue weighted by molar-refractivity contribution is 7.85. The molecule has 0 aliphatic carbocycles. The molecule has 1 saturated heterocycles. The van der Waals surface area contributed by atoms with E-state index in [2.05, 4.69) is 33.9 Å². The number of esters is 1. The van der Waals surface area contributed by atoms with Gasteiger partial charge in [-0.3, -0.25) is 8.86 Å². The van der Waals surface area contributed by atoms with Crippen LogP contribution < -0.4 is 0 Å². The maximum atomic E-state index is 13.6. The van der Waals surface area contributed by atoms with Crippen LogP contribution in [0.25, 0.3) is 22.0 Å². The monoisotopic (exact) mass is 725 g/mol. The number of fused-ring (bicyclic) bond motifs is 1. The van der Waals surface area contributed by atoms with Gasteiger partial charge in [0, 0.05) is 49.0 Å². The van der Waals surface area contributed by atoms with E-state index in [9.17, 15) is 13.2 Å². The Morgan fingerprint density at radius 1 is 1.15 bits per heavy atom. The zero-order valence-electron chi connectivity index (χ0n) is 29.9. The van der Waals surface area contributed by atoms with Crippen molar-refractivity contribution < 1.29 is 36.0 Å². The van der Waals surface area contributed by atoms with Gasteiger partial charge in [-0.25, -0.2) is 4.79 Å². The average molecular weight is 726 g/mol. The van der Waals surface area contributed by atoms with Gasteiger partial charge in [-0.2, -0.15) is 13.5 Å². The molecule has 1 atom stereocenters. The first-order valence-corrected chi connectivity index (χ1v) is 21.7. The minimum atomic E-state index is -3.63. The number of benzene rings is 1. The number of hydrogen-bond donors (Lipinski definition) is 0. The second-order valence-corrected chi connectivity index (χ2v) is 20.9. The summed E-state index contributed by atoms with van der Waals surface area (Å²) in [6, 6.07) is 3.80. The van der Waals surface area contributed by atoms with E-state index in [1.165, 1.54) is 7.11 Å². The van der Waals surface area contributed by atoms with E-state index in [1.807, 2.05) is 30.7 Å². The largest absolute Gasteiger partial charge is 0.464 e. The molecule has 1 fully saturated rings. The minimum Gasteiger partial charge on any atom is -0.464 e. The van der Waals surface area contributed by atoms with Gasteiger partial charge < -0.3 is 23.2 Å². The number of halogens is 1. The smallest absolute Gasteiger partial charge is 0.354 e. The van der Waals surface area contributed by atoms with Crippen LogP contribution in [0.1, 0.15) is 80.3 Å². The molecule has 0 spiro atoms. The summed E-state index contributed by atoms with van der Waals surface area (Å²) in [5.74, 6) is -0.487. The van der Waals surface area contributed by atoms with E-state index >= 15 is 0 Å². The standard InChI is InChI=1S/C34H52ClN3O8SSi/c1-23-29(27(36-37(23)5)22-44-28-15-10-11-19-43-28)30-26(35)17-16-25-24(14-12-21-46-48(8,9)34(2,3)4)32(33(39)42-6)38(31(25)30)18-13-20-45-47(7,40)41/h16-17,28H,10-15,18-22H2,1-9H3. The predicted molar refractivity (Wildman–Crippen MR) is 190 cm³/mol. The Morgan fingerprint density at radius 2 is 1.88 bits per heavy atom. The van der Waals surface area contributed by atoms with Crippen LogP contribution in [0.3, 0.4) is 0 Å². The van der Waals surface area contributed by atoms with Gasteiger partial charge in [0.2, 0.25) is 0 Å². The van der Waals surface area contributed by atoms with Crippen molar-refractivity contribution in [2.75, 3.05) is 33.2 Å². The first-order chi connectivity index (χ1) is 22.5. The lowest BCUT2D eigenvalue weighted by atomic mass is 9.98. The first-order valence-electron chi connectivity index (χ1n) is 16.6. The Hall–Kier alpha value is -2.26. The minimum absolute atomic E-state index is 0.0445. The van der Waals surface area contributed by atoms with Crippen LogP contribution in [0.15, 0.2) is 12.1 Å². The Balaban J connectivity index is 1.85. The number of ether oxygens (including phenoxy) is 3. The summed E-state index contributed by atoms with van der Waals surface area (Å²) < 4.78 is 56.1. The molecule has 0 bridgehead atoms. The van der Waals surface area contributed by atoms with Gasteiger partial charge in [-0.15, -0.1) is 0 Å². The molecular formula is C34H52ClN3O8SSi. The summed E-state index contributed by atoms with van der Waals surface area (Å²) in [4.78, 5) is 13.6. The number of nitrogens with zero attached hydrogens (tertiary/aromatic N) is 3. The molecule has 0 saturated carbocycles. The molecule has 48 heavy (non-hydrogen) atoms. The highest BCUT2D eigenvalue weighted by Gasteiger charge is 2.37. The molecular weight excluding hydrogens is 674 g/mol. The zero-order valence-corrected chi connectivity index (χ0v) is 32.5. The molecule has 1 aliphatic rings. The molecule has 1 unspecified atom stereocenters. The molecule has 3 heterocycles. The van der Waals surface area contributed by atoms with E-state index < -0.39 is 24.4 Å². The third-order valence-corrected chi connectivity index (χ3v) is 15.0. The fourth-order valence-electron chi connectivity index (χ4n) is 5.88. The number of carbonyl (C=O) groups excluding carboxylic acids is 1. The third kappa shape index (κ3) is 8.90. The van der Waals surface area contributed by atoms with Crippen molar-refractivity contribution >= 4 is 46.9 Å². The SMILES string of the molecule is COC(=O)c1c(CCCO[Si](C)(C)C(C)(C)C)c2ccc(Cl)c(-c3c(COC4CCCCO4)nn(C)c3C)c2n1CCCOS(C)(=O)=O. The van der Waals surface area contributed by atoms with Crippen LogP contribution in [0, 0.1) is 6.92 Å². The van der Waals surface area contributed by atoms with Crippen molar-refractivity contribution in [1.29, 1.82) is 0 Å². The van der Waals surface area contributed by atoms with Gasteiger partial charge in [-0.1, -0.05) is 38.4 Å². The summed E-state index contributed by atoms with van der Waals surface area (Å²) in [5.41, 5.74) is 5.10. The highest BCUT2D eigenvalue weighted by atomic mass is 35.5. The van der Waals surface area contributed by atoms with Gasteiger partial charge in [0.05, 0.1) is 42.8 Å². The summed E-state index contributed by atoms with van der Waals surface area (Å²) in [7, 11) is -2.36. The van der Waals surface area contributed by atoms with Crippen molar-refractivity contribution in [3.05, 3.63) is 39.8 Å². The molecule has 0 radical (unpaired) electrons. The molecule has 268 valence electrons. The normalized spacial score (nSPS) is 16.2. The van der Waals surface area contributed by atoms with E-state index in [1.54, 1.807) is 4.68 Å². The molecule has 1 aliphatic heterocycles. The number of aryl methyl sites for hydroxylation is 3. The molecule has 0 N–H and O–H groups in total. The quantitative estimate of drug-likeness (QED) is 0.0696. The van der Waals surface area contributed by atoms with Crippen LogP contribution in [0.5, 0.6) is 0 Å². The van der Waals surface area contributed by atoms with Crippen LogP contribution in [0.4, 0.5) is 0 Å². The molecule has 1 aromatic carbocycles. The summed E-state index contributed by atoms with van der Waals surface area (Å²) in [5, 5.41) is 6.24. The summed E-state index contributed by atoms with van der Waals surface area (Å²) >= 11 is 7.08. The van der Waals surface area contributed by atoms with Crippen molar-refractivity contribution in [1.82, 2.24) is 14.3 Å². The first kappa shape index (κ1) is 38.5. The lowest BCUT2D eigenvalue weighted by Crippen LogP contribution is -2.41. The van der Waals surface area contributed by atoms with Gasteiger partial charge >= 0.3 is 5.97 Å². The molecule has 14 heteroatoms. The topological polar surface area (TPSA) is 120 Å². The summed E-state index contributed by atoms with van der Waals surface area (Å²) in [6.07, 6.45) is 5.17. The van der Waals surface area contributed by atoms with E-state index in [-0.39, 0.29) is 31.1 Å². The van der Waals surface area contributed by atoms with Gasteiger partial charge in [0.15, 0.2) is 14.6 Å². The fraction of sp³-hybridized carbons (Fsp3) is 0.647. The van der Waals surface area contributed by atoms with Crippen LogP contribution in [-0.4, -0.2) is 76.5 Å². The predicted octanol–water partition coefficient (Wildman–Crippen LogP) is 7.15. The molecule has 4 rings (SSSR count). The molecule has 3 aromatic rings. The van der Waals surface area contributed by atoms with Crippen molar-refractivity contribution in [2.45, 2.75) is 104 Å². The second kappa shape index (κ2) is 15.7. The van der Waals surface area contributed by atoms with E-state index in [0.29, 0.717) is 48.9 Å². The number of hydrogen-bond acceptors (Lipinski definition) is 9. The van der Waals surface area contributed by atoms with Crippen molar-refractivity contribution in [3.63, 3.8) is 0 Å². The van der Waals surface area contributed by atoms with Gasteiger partial charge in [-0.05, 0) is 75.2 Å². The Labute approximate surface area is 291 Å². The Kier molecular flexibility index (Phi) is 12.6. The van der Waals surface area contributed by atoms with Crippen molar-refractivity contribution in [3.8, 4) is 11.1 Å². The van der Waals surface area contributed by atoms with E-state index in [0.717, 1.165) is 58.8 Å². The fourth-order valence-corrected chi connectivity index (χ4v) is 7.64. The van der Waals surface area contributed by atoms with Gasteiger partial charge in [0.1, 0.15) is 5.69 Å². The lowest BCUT2D eigenvalue weighted by Gasteiger charge is -2.36. The second-order valence-electron chi connectivity index (χ2n) is 14.0. The number of methoxy groups -OCH3 is 1. The number of carbonyl (C=O) groups is 1. The Morgan fingerprint density at radius 3 is 2.50 bits per heavy atom. The maximum Gasteiger partial charge on any atom is 0.354 e. The molecule has 0 amide bonds. The van der Waals surface area contributed by atoms with Gasteiger partial charge in [0.25, 0.3) is 10.1 Å². The van der Waals surface area contributed by atoms with Crippen LogP contribution in [0.2, 0.25) is 23.2 Å². The molecule has 11 nitrogen and oxygen atoms in total. The average Bonchev–Trinajstić information content (AvgIpc) is 3.48. The summed E-state index contributed by atoms with van der Waals surface area (Å²) in [6.45, 7) is 14.7. The van der Waals surface area contributed by atoms with E-state index in [4.69, 9.17) is 39.5 Å². The van der Waals surface area contributed by atoms with Crippen LogP contribution >= 0.6 is 11.6 Å².